The van der Waals surface area contributed by atoms with Crippen LogP contribution in [0.5, 0.6) is 0 Å². The van der Waals surface area contributed by atoms with Crippen molar-refractivity contribution >= 4 is 27.8 Å². The second-order valence-corrected chi connectivity index (χ2v) is 6.22. The quantitative estimate of drug-likeness (QED) is 0.659. The lowest BCUT2D eigenvalue weighted by molar-refractivity contribution is 0.249. The lowest BCUT2D eigenvalue weighted by atomic mass is 10.1. The number of nitrogens with two attached hydrogens (primary N) is 1. The Balaban J connectivity index is 1.67. The molecule has 0 saturated heterocycles. The van der Waals surface area contributed by atoms with Gasteiger partial charge < -0.3 is 0 Å². The molecule has 0 saturated carbocycles. The molecule has 3 heterocycles. The number of nitrogens with one attached hydrogen (secondary N) is 1. The fraction of sp³-hybridized carbons (Fsp3) is 0.364. The Labute approximate surface area is 108 Å². The molecule has 0 unspecified atom stereocenters. The smallest absolute Gasteiger partial charge is 0.197 e. The molecule has 0 radical (unpaired) electrons. The minimum Gasteiger partial charge on any atom is -0.300 e. The van der Waals surface area contributed by atoms with Crippen LogP contribution in [0.15, 0.2) is 17.6 Å². The van der Waals surface area contributed by atoms with E-state index in [1.54, 1.807) is 16.2 Å². The van der Waals surface area contributed by atoms with Gasteiger partial charge in [-0.3, -0.25) is 10.3 Å². The van der Waals surface area contributed by atoms with E-state index in [1.165, 1.54) is 16.9 Å². The molecule has 2 aromatic heterocycles. The Bertz CT molecular complexity index is 505. The fourth-order valence-electron chi connectivity index (χ4n) is 2.11. The molecule has 0 aliphatic carbocycles. The Morgan fingerprint density at radius 1 is 1.53 bits per heavy atom. The molecule has 0 spiro atoms. The van der Waals surface area contributed by atoms with E-state index >= 15 is 0 Å². The Kier molecular flexibility index (Phi) is 3.11. The maximum Gasteiger partial charge on any atom is 0.197 e. The zero-order valence-electron chi connectivity index (χ0n) is 9.35. The summed E-state index contributed by atoms with van der Waals surface area (Å²) in [4.78, 5) is 9.47. The first kappa shape index (κ1) is 11.2. The van der Waals surface area contributed by atoms with Crippen molar-refractivity contribution in [1.29, 1.82) is 0 Å². The molecule has 0 amide bonds. The molecule has 0 atom stereocenters. The van der Waals surface area contributed by atoms with Crippen LogP contribution < -0.4 is 11.3 Å². The normalized spacial score (nSPS) is 15.8. The number of anilines is 1. The molecule has 2 aromatic rings. The Morgan fingerprint density at radius 3 is 3.29 bits per heavy atom. The highest BCUT2D eigenvalue weighted by atomic mass is 32.1. The van der Waals surface area contributed by atoms with Gasteiger partial charge in [0.2, 0.25) is 0 Å². The highest BCUT2D eigenvalue weighted by Crippen LogP contribution is 2.26. The van der Waals surface area contributed by atoms with Crippen molar-refractivity contribution < 1.29 is 0 Å². The number of thiazole rings is 1. The highest BCUT2D eigenvalue weighted by Gasteiger charge is 2.17. The predicted molar refractivity (Wildman–Crippen MR) is 72.1 cm³/mol. The number of hydrogen-bond donors (Lipinski definition) is 2. The highest BCUT2D eigenvalue weighted by molar-refractivity contribution is 7.15. The van der Waals surface area contributed by atoms with Crippen molar-refractivity contribution in [3.8, 4) is 0 Å². The Morgan fingerprint density at radius 2 is 2.47 bits per heavy atom. The molecular formula is C11H14N4S2. The van der Waals surface area contributed by atoms with Crippen LogP contribution in [0.4, 0.5) is 5.13 Å². The van der Waals surface area contributed by atoms with Crippen LogP contribution in [0.1, 0.15) is 15.3 Å². The maximum atomic E-state index is 5.33. The van der Waals surface area contributed by atoms with Crippen LogP contribution >= 0.6 is 22.7 Å². The second-order valence-electron chi connectivity index (χ2n) is 4.11. The van der Waals surface area contributed by atoms with Gasteiger partial charge in [-0.05, 0) is 23.4 Å². The zero-order valence-corrected chi connectivity index (χ0v) is 11.0. The lowest BCUT2D eigenvalue weighted by Gasteiger charge is -2.25. The van der Waals surface area contributed by atoms with Crippen LogP contribution in [0.3, 0.4) is 0 Å². The first-order valence-electron chi connectivity index (χ1n) is 5.54. The Hall–Kier alpha value is -0.950. The second kappa shape index (κ2) is 4.73. The van der Waals surface area contributed by atoms with Gasteiger partial charge in [0.15, 0.2) is 5.13 Å². The van der Waals surface area contributed by atoms with E-state index < -0.39 is 0 Å². The molecular weight excluding hydrogens is 252 g/mol. The molecule has 0 aromatic carbocycles. The third kappa shape index (κ3) is 2.35. The van der Waals surface area contributed by atoms with Gasteiger partial charge in [0.05, 0.1) is 0 Å². The maximum absolute atomic E-state index is 5.33. The number of nitrogens with zero attached hydrogens (tertiary/aromatic N) is 2. The summed E-state index contributed by atoms with van der Waals surface area (Å²) < 4.78 is 0. The summed E-state index contributed by atoms with van der Waals surface area (Å²) in [6.45, 7) is 3.16. The van der Waals surface area contributed by atoms with Crippen LogP contribution in [0.25, 0.3) is 0 Å². The van der Waals surface area contributed by atoms with Crippen molar-refractivity contribution in [2.45, 2.75) is 19.5 Å². The number of aromatic nitrogens is 1. The van der Waals surface area contributed by atoms with Crippen LogP contribution in [-0.2, 0) is 19.5 Å². The third-order valence-electron chi connectivity index (χ3n) is 2.94. The molecule has 3 rings (SSSR count). The summed E-state index contributed by atoms with van der Waals surface area (Å²) in [7, 11) is 0. The monoisotopic (exact) mass is 266 g/mol. The molecule has 3 N–H and O–H groups in total. The average Bonchev–Trinajstić information content (AvgIpc) is 2.96. The summed E-state index contributed by atoms with van der Waals surface area (Å²) in [5, 5.41) is 2.98. The molecule has 4 nitrogen and oxygen atoms in total. The van der Waals surface area contributed by atoms with Gasteiger partial charge in [0.25, 0.3) is 0 Å². The van der Waals surface area contributed by atoms with E-state index in [2.05, 4.69) is 26.8 Å². The molecule has 90 valence electrons. The van der Waals surface area contributed by atoms with E-state index in [0.717, 1.165) is 24.8 Å². The summed E-state index contributed by atoms with van der Waals surface area (Å²) in [6, 6.07) is 2.24. The van der Waals surface area contributed by atoms with Gasteiger partial charge in [-0.2, -0.15) is 0 Å². The summed E-state index contributed by atoms with van der Waals surface area (Å²) in [5.74, 6) is 5.33. The van der Waals surface area contributed by atoms with Crippen LogP contribution in [0.2, 0.25) is 0 Å². The van der Waals surface area contributed by atoms with Gasteiger partial charge in [-0.1, -0.05) is 11.3 Å². The lowest BCUT2D eigenvalue weighted by Crippen LogP contribution is -2.28. The predicted octanol–water partition coefficient (Wildman–Crippen LogP) is 2.05. The minimum absolute atomic E-state index is 0.785. The van der Waals surface area contributed by atoms with E-state index in [4.69, 9.17) is 5.84 Å². The average molecular weight is 266 g/mol. The number of rotatable bonds is 3. The molecule has 0 bridgehead atoms. The van der Waals surface area contributed by atoms with Crippen LogP contribution in [0, 0.1) is 0 Å². The van der Waals surface area contributed by atoms with E-state index in [1.807, 2.05) is 17.5 Å². The summed E-state index contributed by atoms with van der Waals surface area (Å²) in [5.41, 5.74) is 4.08. The van der Waals surface area contributed by atoms with E-state index in [0.29, 0.717) is 0 Å². The molecule has 1 aliphatic rings. The topological polar surface area (TPSA) is 54.2 Å². The number of hydrogen-bond acceptors (Lipinski definition) is 6. The zero-order chi connectivity index (χ0) is 11.7. The third-order valence-corrected chi connectivity index (χ3v) is 4.88. The van der Waals surface area contributed by atoms with Crippen molar-refractivity contribution in [2.24, 2.45) is 5.84 Å². The van der Waals surface area contributed by atoms with Crippen LogP contribution in [-0.4, -0.2) is 16.4 Å². The van der Waals surface area contributed by atoms with Crippen molar-refractivity contribution in [1.82, 2.24) is 9.88 Å². The summed E-state index contributed by atoms with van der Waals surface area (Å²) in [6.07, 6.45) is 3.08. The van der Waals surface area contributed by atoms with E-state index in [-0.39, 0.29) is 0 Å². The first-order chi connectivity index (χ1) is 8.35. The number of thiophene rings is 1. The number of hydrazine groups is 1. The minimum atomic E-state index is 0.785. The SMILES string of the molecule is NNc1ncc(CN2CCc3sccc3C2)s1. The van der Waals surface area contributed by atoms with Crippen molar-refractivity contribution in [2.75, 3.05) is 12.0 Å². The van der Waals surface area contributed by atoms with Gasteiger partial charge >= 0.3 is 0 Å². The molecule has 17 heavy (non-hydrogen) atoms. The fourth-order valence-corrected chi connectivity index (χ4v) is 3.76. The number of nitrogen functional groups attached to an aromatic ring is 1. The van der Waals surface area contributed by atoms with Gasteiger partial charge in [0.1, 0.15) is 0 Å². The van der Waals surface area contributed by atoms with Gasteiger partial charge in [-0.25, -0.2) is 10.8 Å². The standard InChI is InChI=1S/C11H14N4S2/c12-14-11-13-5-9(17-11)7-15-3-1-10-8(6-15)2-4-16-10/h2,4-5H,1,3,6-7,12H2,(H,13,14). The molecule has 1 aliphatic heterocycles. The molecule has 6 heteroatoms. The van der Waals surface area contributed by atoms with Gasteiger partial charge in [0, 0.05) is 35.6 Å². The number of fused-ring (bicyclic) bond motifs is 1. The summed E-state index contributed by atoms with van der Waals surface area (Å²) >= 11 is 3.50. The largest absolute Gasteiger partial charge is 0.300 e. The van der Waals surface area contributed by atoms with Gasteiger partial charge in [-0.15, -0.1) is 11.3 Å². The molecule has 0 fully saturated rings. The van der Waals surface area contributed by atoms with E-state index in [9.17, 15) is 0 Å². The van der Waals surface area contributed by atoms with Crippen molar-refractivity contribution in [3.63, 3.8) is 0 Å². The van der Waals surface area contributed by atoms with Crippen molar-refractivity contribution in [3.05, 3.63) is 33.0 Å². The first-order valence-corrected chi connectivity index (χ1v) is 7.23.